The number of carbonyl (C=O) groups excluding carboxylic acids is 1. The highest BCUT2D eigenvalue weighted by atomic mass is 19.4. The minimum absolute atomic E-state index is 0.0726. The van der Waals surface area contributed by atoms with E-state index in [1.165, 1.54) is 41.2 Å². The number of rotatable bonds is 3. The summed E-state index contributed by atoms with van der Waals surface area (Å²) in [7, 11) is 0. The number of amides is 1. The van der Waals surface area contributed by atoms with E-state index in [4.69, 9.17) is 0 Å². The summed E-state index contributed by atoms with van der Waals surface area (Å²) >= 11 is 0. The van der Waals surface area contributed by atoms with E-state index < -0.39 is 18.5 Å². The number of pyridine rings is 2. The summed E-state index contributed by atoms with van der Waals surface area (Å²) in [4.78, 5) is 23.1. The lowest BCUT2D eigenvalue weighted by atomic mass is 10.2. The lowest BCUT2D eigenvalue weighted by Crippen LogP contribution is -2.32. The summed E-state index contributed by atoms with van der Waals surface area (Å²) in [5, 5.41) is 4.49. The first-order valence-corrected chi connectivity index (χ1v) is 10.7. The SMILES string of the molecule is O=C(c1cc2c(cn1)c(-c1cnc3ccc(F)cn13)nn2CC(F)(F)F)N1CCCCCC1. The molecule has 11 heteroatoms. The predicted molar refractivity (Wildman–Crippen MR) is 112 cm³/mol. The van der Waals surface area contributed by atoms with Gasteiger partial charge in [-0.25, -0.2) is 9.37 Å². The van der Waals surface area contributed by atoms with Gasteiger partial charge in [0.25, 0.3) is 5.91 Å². The fraction of sp³-hybridized carbons (Fsp3) is 0.364. The first-order valence-electron chi connectivity index (χ1n) is 10.7. The Hall–Kier alpha value is -3.50. The van der Waals surface area contributed by atoms with Crippen LogP contribution in [0.25, 0.3) is 27.9 Å². The Morgan fingerprint density at radius 3 is 2.52 bits per heavy atom. The molecule has 1 aliphatic rings. The molecule has 0 aromatic carbocycles. The number of likely N-dealkylation sites (tertiary alicyclic amines) is 1. The Morgan fingerprint density at radius 2 is 1.79 bits per heavy atom. The third-order valence-corrected chi connectivity index (χ3v) is 5.79. The zero-order chi connectivity index (χ0) is 23.2. The number of hydrogen-bond donors (Lipinski definition) is 0. The average Bonchev–Trinajstić information content (AvgIpc) is 3.20. The van der Waals surface area contributed by atoms with Crippen LogP contribution in [0.5, 0.6) is 0 Å². The van der Waals surface area contributed by atoms with Crippen molar-refractivity contribution >= 4 is 22.5 Å². The van der Waals surface area contributed by atoms with Gasteiger partial charge in [-0.05, 0) is 31.0 Å². The average molecular weight is 460 g/mol. The smallest absolute Gasteiger partial charge is 0.337 e. The molecule has 0 spiro atoms. The van der Waals surface area contributed by atoms with Crippen molar-refractivity contribution in [2.75, 3.05) is 13.1 Å². The maximum absolute atomic E-state index is 13.8. The van der Waals surface area contributed by atoms with Crippen molar-refractivity contribution in [1.82, 2.24) is 29.0 Å². The Bertz CT molecular complexity index is 1330. The number of carbonyl (C=O) groups is 1. The van der Waals surface area contributed by atoms with E-state index in [0.29, 0.717) is 29.8 Å². The standard InChI is InChI=1S/C22H20F4N6O/c23-14-5-6-19-28-11-18(31(19)12-14)20-15-10-27-16(21(33)30-7-3-1-2-4-8-30)9-17(15)32(29-20)13-22(24,25)26/h5-6,9-12H,1-4,7-8,13H2. The van der Waals surface area contributed by atoms with Crippen molar-refractivity contribution in [1.29, 1.82) is 0 Å². The van der Waals surface area contributed by atoms with Gasteiger partial charge in [0.2, 0.25) is 0 Å². The lowest BCUT2D eigenvalue weighted by Gasteiger charge is -2.19. The number of imidazole rings is 1. The Labute approximate surface area is 185 Å². The van der Waals surface area contributed by atoms with Crippen LogP contribution < -0.4 is 0 Å². The van der Waals surface area contributed by atoms with E-state index in [0.717, 1.165) is 30.4 Å². The van der Waals surface area contributed by atoms with Crippen LogP contribution in [0, 0.1) is 5.82 Å². The summed E-state index contributed by atoms with van der Waals surface area (Å²) in [5.74, 6) is -0.832. The van der Waals surface area contributed by atoms with Gasteiger partial charge in [-0.2, -0.15) is 18.3 Å². The molecule has 0 aliphatic carbocycles. The molecule has 7 nitrogen and oxygen atoms in total. The van der Waals surface area contributed by atoms with Crippen LogP contribution in [0.4, 0.5) is 17.6 Å². The van der Waals surface area contributed by atoms with Crippen molar-refractivity contribution in [3.63, 3.8) is 0 Å². The molecule has 172 valence electrons. The molecule has 0 saturated carbocycles. The van der Waals surface area contributed by atoms with Crippen LogP contribution in [0.15, 0.2) is 36.8 Å². The molecule has 0 N–H and O–H groups in total. The predicted octanol–water partition coefficient (Wildman–Crippen LogP) is 4.46. The fourth-order valence-electron chi connectivity index (χ4n) is 4.23. The highest BCUT2D eigenvalue weighted by molar-refractivity contribution is 5.99. The van der Waals surface area contributed by atoms with Gasteiger partial charge in [0.05, 0.1) is 17.4 Å². The molecule has 0 atom stereocenters. The number of aromatic nitrogens is 5. The summed E-state index contributed by atoms with van der Waals surface area (Å²) in [6.45, 7) is -0.145. The zero-order valence-corrected chi connectivity index (χ0v) is 17.5. The van der Waals surface area contributed by atoms with E-state index in [2.05, 4.69) is 15.1 Å². The Morgan fingerprint density at radius 1 is 1.03 bits per heavy atom. The second-order valence-electron chi connectivity index (χ2n) is 8.13. The largest absolute Gasteiger partial charge is 0.408 e. The summed E-state index contributed by atoms with van der Waals surface area (Å²) in [6, 6.07) is 4.06. The molecular weight excluding hydrogens is 440 g/mol. The van der Waals surface area contributed by atoms with E-state index >= 15 is 0 Å². The second kappa shape index (κ2) is 8.13. The maximum Gasteiger partial charge on any atom is 0.408 e. The van der Waals surface area contributed by atoms with Crippen LogP contribution in [-0.2, 0) is 6.54 Å². The van der Waals surface area contributed by atoms with E-state index in [1.807, 2.05) is 0 Å². The van der Waals surface area contributed by atoms with Crippen molar-refractivity contribution in [2.24, 2.45) is 0 Å². The molecular formula is C22H20F4N6O. The van der Waals surface area contributed by atoms with Crippen molar-refractivity contribution in [3.8, 4) is 11.4 Å². The molecule has 1 amide bonds. The van der Waals surface area contributed by atoms with Gasteiger partial charge in [0.15, 0.2) is 0 Å². The van der Waals surface area contributed by atoms with Crippen LogP contribution in [0.1, 0.15) is 36.2 Å². The molecule has 4 aromatic heterocycles. The molecule has 0 radical (unpaired) electrons. The molecule has 1 saturated heterocycles. The van der Waals surface area contributed by atoms with Crippen LogP contribution in [0.3, 0.4) is 0 Å². The van der Waals surface area contributed by atoms with Crippen LogP contribution in [-0.4, -0.2) is 54.2 Å². The molecule has 5 rings (SSSR count). The molecule has 4 aromatic rings. The lowest BCUT2D eigenvalue weighted by molar-refractivity contribution is -0.141. The molecule has 5 heterocycles. The molecule has 0 unspecified atom stereocenters. The minimum atomic E-state index is -4.53. The van der Waals surface area contributed by atoms with Gasteiger partial charge >= 0.3 is 6.18 Å². The molecule has 1 fully saturated rings. The minimum Gasteiger partial charge on any atom is -0.337 e. The fourth-order valence-corrected chi connectivity index (χ4v) is 4.23. The molecule has 33 heavy (non-hydrogen) atoms. The van der Waals surface area contributed by atoms with Gasteiger partial charge in [-0.1, -0.05) is 12.8 Å². The first kappa shape index (κ1) is 21.4. The monoisotopic (exact) mass is 460 g/mol. The summed E-state index contributed by atoms with van der Waals surface area (Å²) in [6.07, 6.45) is 3.29. The second-order valence-corrected chi connectivity index (χ2v) is 8.13. The number of halogens is 4. The topological polar surface area (TPSA) is 68.3 Å². The van der Waals surface area contributed by atoms with E-state index in [1.54, 1.807) is 4.90 Å². The van der Waals surface area contributed by atoms with Crippen LogP contribution >= 0.6 is 0 Å². The number of fused-ring (bicyclic) bond motifs is 2. The number of alkyl halides is 3. The Balaban J connectivity index is 1.63. The summed E-state index contributed by atoms with van der Waals surface area (Å²) in [5.41, 5.74) is 1.12. The third kappa shape index (κ3) is 4.14. The van der Waals surface area contributed by atoms with Crippen molar-refractivity contribution in [2.45, 2.75) is 38.4 Å². The van der Waals surface area contributed by atoms with E-state index in [-0.39, 0.29) is 22.8 Å². The normalized spacial score (nSPS) is 15.3. The highest BCUT2D eigenvalue weighted by Gasteiger charge is 2.31. The van der Waals surface area contributed by atoms with Gasteiger partial charge in [-0.15, -0.1) is 0 Å². The van der Waals surface area contributed by atoms with Crippen LogP contribution in [0.2, 0.25) is 0 Å². The van der Waals surface area contributed by atoms with Crippen molar-refractivity contribution in [3.05, 3.63) is 48.3 Å². The van der Waals surface area contributed by atoms with Crippen molar-refractivity contribution < 1.29 is 22.4 Å². The zero-order valence-electron chi connectivity index (χ0n) is 17.5. The quantitative estimate of drug-likeness (QED) is 0.424. The number of hydrogen-bond acceptors (Lipinski definition) is 4. The van der Waals surface area contributed by atoms with Gasteiger partial charge in [-0.3, -0.25) is 18.9 Å². The molecule has 1 aliphatic heterocycles. The molecule has 0 bridgehead atoms. The van der Waals surface area contributed by atoms with Gasteiger partial charge in [0.1, 0.15) is 29.4 Å². The highest BCUT2D eigenvalue weighted by Crippen LogP contribution is 2.31. The van der Waals surface area contributed by atoms with Gasteiger partial charge in [0, 0.05) is 30.9 Å². The Kier molecular flexibility index (Phi) is 5.26. The number of nitrogens with zero attached hydrogens (tertiary/aromatic N) is 6. The third-order valence-electron chi connectivity index (χ3n) is 5.79. The van der Waals surface area contributed by atoms with Gasteiger partial charge < -0.3 is 4.90 Å². The first-order chi connectivity index (χ1) is 15.8. The summed E-state index contributed by atoms with van der Waals surface area (Å²) < 4.78 is 56.0. The van der Waals surface area contributed by atoms with E-state index in [9.17, 15) is 22.4 Å². The maximum atomic E-state index is 13.8.